The lowest BCUT2D eigenvalue weighted by atomic mass is 10.2. The van der Waals surface area contributed by atoms with E-state index < -0.39 is 5.63 Å². The predicted octanol–water partition coefficient (Wildman–Crippen LogP) is 2.92. The van der Waals surface area contributed by atoms with Gasteiger partial charge >= 0.3 is 5.63 Å². The van der Waals surface area contributed by atoms with Gasteiger partial charge in [-0.05, 0) is 36.4 Å². The summed E-state index contributed by atoms with van der Waals surface area (Å²) in [5, 5.41) is 7.82. The van der Waals surface area contributed by atoms with Crippen LogP contribution >= 0.6 is 0 Å². The summed E-state index contributed by atoms with van der Waals surface area (Å²) < 4.78 is 19.6. The summed E-state index contributed by atoms with van der Waals surface area (Å²) in [6, 6.07) is 12.5. The van der Waals surface area contributed by atoms with Crippen LogP contribution in [0.3, 0.4) is 0 Å². The normalized spacial score (nSPS) is 11.1. The molecule has 2 heterocycles. The number of aromatic nitrogens is 2. The fourth-order valence-corrected chi connectivity index (χ4v) is 2.71. The van der Waals surface area contributed by atoms with Crippen LogP contribution in [-0.2, 0) is 11.3 Å². The van der Waals surface area contributed by atoms with Gasteiger partial charge in [-0.15, -0.1) is 0 Å². The third-order valence-corrected chi connectivity index (χ3v) is 3.83. The van der Waals surface area contributed by atoms with Crippen LogP contribution in [0.1, 0.15) is 0 Å². The van der Waals surface area contributed by atoms with E-state index in [1.54, 1.807) is 18.2 Å². The molecule has 0 saturated carbocycles. The molecule has 0 aliphatic heterocycles. The van der Waals surface area contributed by atoms with Crippen molar-refractivity contribution in [2.75, 3.05) is 5.32 Å². The van der Waals surface area contributed by atoms with E-state index in [0.717, 1.165) is 0 Å². The van der Waals surface area contributed by atoms with Gasteiger partial charge in [0.15, 0.2) is 0 Å². The number of benzene rings is 2. The van der Waals surface area contributed by atoms with Gasteiger partial charge in [0.05, 0.1) is 11.7 Å². The van der Waals surface area contributed by atoms with Crippen LogP contribution in [0.4, 0.5) is 10.1 Å². The van der Waals surface area contributed by atoms with E-state index in [-0.39, 0.29) is 18.3 Å². The molecule has 1 amide bonds. The smallest absolute Gasteiger partial charge is 0.347 e. The molecule has 2 aromatic carbocycles. The zero-order chi connectivity index (χ0) is 17.4. The number of nitrogens with zero attached hydrogens (tertiary/aromatic N) is 2. The van der Waals surface area contributed by atoms with Gasteiger partial charge in [0.25, 0.3) is 0 Å². The van der Waals surface area contributed by atoms with Gasteiger partial charge < -0.3 is 9.73 Å². The maximum atomic E-state index is 12.9. The molecule has 1 N–H and O–H groups in total. The van der Waals surface area contributed by atoms with Crippen molar-refractivity contribution in [3.8, 4) is 0 Å². The molecule has 7 heteroatoms. The van der Waals surface area contributed by atoms with Crippen molar-refractivity contribution >= 4 is 33.5 Å². The molecule has 0 bridgehead atoms. The molecule has 124 valence electrons. The lowest BCUT2D eigenvalue weighted by Gasteiger charge is -2.07. The van der Waals surface area contributed by atoms with Crippen LogP contribution in [0.5, 0.6) is 0 Å². The Morgan fingerprint density at radius 3 is 2.68 bits per heavy atom. The summed E-state index contributed by atoms with van der Waals surface area (Å²) in [4.78, 5) is 24.3. The molecule has 0 atom stereocenters. The molecule has 0 radical (unpaired) electrons. The molecular weight excluding hydrogens is 325 g/mol. The minimum Gasteiger partial charge on any atom is -0.422 e. The molecule has 25 heavy (non-hydrogen) atoms. The number of carbonyl (C=O) groups excluding carboxylic acids is 1. The number of para-hydroxylation sites is 1. The standard InChI is InChI=1S/C18H12FN3O3/c19-11-5-7-12(8-6-11)21-16(23)10-22-17-13-3-1-2-4-15(13)25-18(24)14(17)9-20-22/h1-9H,10H2,(H,21,23). The van der Waals surface area contributed by atoms with E-state index in [9.17, 15) is 14.0 Å². The number of nitrogens with one attached hydrogen (secondary N) is 1. The first-order valence-corrected chi connectivity index (χ1v) is 7.54. The summed E-state index contributed by atoms with van der Waals surface area (Å²) in [6.07, 6.45) is 1.39. The Hall–Kier alpha value is -3.48. The van der Waals surface area contributed by atoms with Crippen molar-refractivity contribution in [3.63, 3.8) is 0 Å². The molecule has 2 aromatic heterocycles. The van der Waals surface area contributed by atoms with Crippen LogP contribution in [0.15, 0.2) is 63.9 Å². The highest BCUT2D eigenvalue weighted by molar-refractivity contribution is 6.02. The quantitative estimate of drug-likeness (QED) is 0.583. The number of rotatable bonds is 3. The van der Waals surface area contributed by atoms with E-state index in [0.29, 0.717) is 27.6 Å². The highest BCUT2D eigenvalue weighted by Gasteiger charge is 2.15. The van der Waals surface area contributed by atoms with Gasteiger partial charge in [0.1, 0.15) is 23.3 Å². The van der Waals surface area contributed by atoms with Gasteiger partial charge in [-0.25, -0.2) is 9.18 Å². The Morgan fingerprint density at radius 2 is 1.88 bits per heavy atom. The third-order valence-electron chi connectivity index (χ3n) is 3.83. The van der Waals surface area contributed by atoms with Gasteiger partial charge in [-0.1, -0.05) is 12.1 Å². The van der Waals surface area contributed by atoms with Crippen LogP contribution in [0.2, 0.25) is 0 Å². The number of hydrogen-bond acceptors (Lipinski definition) is 4. The van der Waals surface area contributed by atoms with Crippen molar-refractivity contribution in [1.82, 2.24) is 9.78 Å². The average Bonchev–Trinajstić information content (AvgIpc) is 3.02. The average molecular weight is 337 g/mol. The first kappa shape index (κ1) is 15.1. The maximum Gasteiger partial charge on any atom is 0.347 e. The van der Waals surface area contributed by atoms with E-state index >= 15 is 0 Å². The second kappa shape index (κ2) is 5.86. The fourth-order valence-electron chi connectivity index (χ4n) is 2.71. The van der Waals surface area contributed by atoms with Crippen molar-refractivity contribution in [2.45, 2.75) is 6.54 Å². The van der Waals surface area contributed by atoms with Crippen molar-refractivity contribution < 1.29 is 13.6 Å². The molecule has 0 aliphatic rings. The first-order valence-electron chi connectivity index (χ1n) is 7.54. The number of halogens is 1. The summed E-state index contributed by atoms with van der Waals surface area (Å²) >= 11 is 0. The SMILES string of the molecule is O=C(Cn1ncc2c(=O)oc3ccccc3c21)Nc1ccc(F)cc1. The highest BCUT2D eigenvalue weighted by Crippen LogP contribution is 2.22. The molecular formula is C18H12FN3O3. The Labute approximate surface area is 140 Å². The number of amides is 1. The summed E-state index contributed by atoms with van der Waals surface area (Å²) in [5.41, 5.74) is 0.952. The Bertz CT molecular complexity index is 1150. The predicted molar refractivity (Wildman–Crippen MR) is 90.8 cm³/mol. The summed E-state index contributed by atoms with van der Waals surface area (Å²) in [7, 11) is 0. The highest BCUT2D eigenvalue weighted by atomic mass is 19.1. The molecule has 0 unspecified atom stereocenters. The van der Waals surface area contributed by atoms with Crippen molar-refractivity contribution in [3.05, 3.63) is 71.0 Å². The minimum absolute atomic E-state index is 0.0890. The van der Waals surface area contributed by atoms with Crippen LogP contribution in [-0.4, -0.2) is 15.7 Å². The molecule has 6 nitrogen and oxygen atoms in total. The largest absolute Gasteiger partial charge is 0.422 e. The van der Waals surface area contributed by atoms with Gasteiger partial charge in [0.2, 0.25) is 5.91 Å². The zero-order valence-corrected chi connectivity index (χ0v) is 12.9. The van der Waals surface area contributed by atoms with E-state index in [1.807, 2.05) is 6.07 Å². The van der Waals surface area contributed by atoms with Crippen molar-refractivity contribution in [1.29, 1.82) is 0 Å². The van der Waals surface area contributed by atoms with E-state index in [4.69, 9.17) is 4.42 Å². The van der Waals surface area contributed by atoms with Crippen LogP contribution in [0.25, 0.3) is 21.9 Å². The molecule has 0 aliphatic carbocycles. The summed E-state index contributed by atoms with van der Waals surface area (Å²) in [5.74, 6) is -0.719. The fraction of sp³-hybridized carbons (Fsp3) is 0.0556. The van der Waals surface area contributed by atoms with Crippen LogP contribution in [0, 0.1) is 5.82 Å². The summed E-state index contributed by atoms with van der Waals surface area (Å²) in [6.45, 7) is -0.0890. The van der Waals surface area contributed by atoms with Gasteiger partial charge in [-0.3, -0.25) is 9.48 Å². The Morgan fingerprint density at radius 1 is 1.12 bits per heavy atom. The number of fused-ring (bicyclic) bond motifs is 3. The van der Waals surface area contributed by atoms with Crippen molar-refractivity contribution in [2.24, 2.45) is 0 Å². The lowest BCUT2D eigenvalue weighted by Crippen LogP contribution is -2.19. The molecule has 0 saturated heterocycles. The van der Waals surface area contributed by atoms with Gasteiger partial charge in [0, 0.05) is 11.1 Å². The monoisotopic (exact) mass is 337 g/mol. The number of anilines is 1. The second-order valence-electron chi connectivity index (χ2n) is 5.51. The van der Waals surface area contributed by atoms with Crippen LogP contribution < -0.4 is 10.9 Å². The van der Waals surface area contributed by atoms with Gasteiger partial charge in [-0.2, -0.15) is 5.10 Å². The minimum atomic E-state index is -0.501. The molecule has 0 spiro atoms. The first-order chi connectivity index (χ1) is 12.1. The Kier molecular flexibility index (Phi) is 3.53. The van der Waals surface area contributed by atoms with E-state index in [1.165, 1.54) is 35.1 Å². The topological polar surface area (TPSA) is 77.1 Å². The maximum absolute atomic E-state index is 12.9. The lowest BCUT2D eigenvalue weighted by molar-refractivity contribution is -0.116. The van der Waals surface area contributed by atoms with E-state index in [2.05, 4.69) is 10.4 Å². The number of carbonyl (C=O) groups is 1. The Balaban J connectivity index is 1.71. The number of hydrogen-bond donors (Lipinski definition) is 1. The molecule has 0 fully saturated rings. The molecule has 4 aromatic rings. The second-order valence-corrected chi connectivity index (χ2v) is 5.51. The third kappa shape index (κ3) is 2.76. The zero-order valence-electron chi connectivity index (χ0n) is 12.9. The molecule has 4 rings (SSSR count).